The van der Waals surface area contributed by atoms with Crippen LogP contribution in [0.3, 0.4) is 0 Å². The molecule has 2 aromatic rings. The molecule has 0 unspecified atom stereocenters. The van der Waals surface area contributed by atoms with Gasteiger partial charge in [0.25, 0.3) is 10.0 Å². The van der Waals surface area contributed by atoms with Crippen LogP contribution in [0.4, 0.5) is 0 Å². The van der Waals surface area contributed by atoms with Crippen molar-refractivity contribution in [2.75, 3.05) is 0 Å². The van der Waals surface area contributed by atoms with Gasteiger partial charge < -0.3 is 5.11 Å². The number of carboxylic acid groups (broad SMARTS) is 1. The minimum atomic E-state index is -4.20. The molecule has 144 valence electrons. The number of aliphatic carboxylic acids is 1. The van der Waals surface area contributed by atoms with Crippen LogP contribution in [0.15, 0.2) is 47.4 Å². The van der Waals surface area contributed by atoms with Crippen molar-refractivity contribution >= 4 is 56.8 Å². The Morgan fingerprint density at radius 3 is 2.22 bits per heavy atom. The van der Waals surface area contributed by atoms with Gasteiger partial charge in [-0.2, -0.15) is 0 Å². The molecule has 6 nitrogen and oxygen atoms in total. The number of nitrogens with zero attached hydrogens (tertiary/aromatic N) is 1. The number of hydrogen-bond acceptors (Lipinski definition) is 4. The number of rotatable bonds is 8. The summed E-state index contributed by atoms with van der Waals surface area (Å²) in [5.41, 5.74) is 0.638. The molecule has 0 aliphatic rings. The average Bonchev–Trinajstić information content (AvgIpc) is 2.61. The zero-order valence-corrected chi connectivity index (χ0v) is 16.8. The second-order valence-corrected chi connectivity index (χ2v) is 8.82. The summed E-state index contributed by atoms with van der Waals surface area (Å²) in [5.74, 6) is -1.63. The Hall–Kier alpha value is -1.64. The molecule has 0 atom stereocenters. The summed E-state index contributed by atoms with van der Waals surface area (Å²) < 4.78 is 26.1. The summed E-state index contributed by atoms with van der Waals surface area (Å²) in [7, 11) is -4.20. The van der Waals surface area contributed by atoms with Gasteiger partial charge in [-0.1, -0.05) is 35.3 Å². The normalized spacial score (nSPS) is 11.6. The van der Waals surface area contributed by atoms with Gasteiger partial charge in [-0.3, -0.25) is 9.59 Å². The number of Topliss-reactive ketones (excluding diaryl/α,β-unsaturated/α-hetero) is 1. The van der Waals surface area contributed by atoms with Crippen molar-refractivity contribution in [2.45, 2.75) is 24.3 Å². The average molecular weight is 451 g/mol. The van der Waals surface area contributed by atoms with Gasteiger partial charge in [0.05, 0.1) is 18.0 Å². The van der Waals surface area contributed by atoms with Crippen molar-refractivity contribution in [1.29, 1.82) is 0 Å². The predicted octanol–water partition coefficient (Wildman–Crippen LogP) is 4.39. The van der Waals surface area contributed by atoms with Gasteiger partial charge in [-0.25, -0.2) is 8.42 Å². The monoisotopic (exact) mass is 449 g/mol. The number of benzene rings is 2. The van der Waals surface area contributed by atoms with Crippen molar-refractivity contribution in [3.05, 3.63) is 63.6 Å². The maximum atomic E-state index is 12.7. The summed E-state index contributed by atoms with van der Waals surface area (Å²) >= 11 is 17.8. The number of hydrogen-bond donors (Lipinski definition) is 1. The van der Waals surface area contributed by atoms with E-state index in [0.29, 0.717) is 14.4 Å². The fraction of sp³-hybridized carbons (Fsp3) is 0.176. The highest BCUT2D eigenvalue weighted by atomic mass is 35.5. The molecule has 0 saturated carbocycles. The molecular formula is C17H14Cl3NO5S. The third kappa shape index (κ3) is 5.67. The van der Waals surface area contributed by atoms with Crippen molar-refractivity contribution in [2.24, 2.45) is 0 Å². The Kier molecular flexibility index (Phi) is 7.25. The maximum Gasteiger partial charge on any atom is 0.303 e. The predicted molar refractivity (Wildman–Crippen MR) is 103 cm³/mol. The van der Waals surface area contributed by atoms with Gasteiger partial charge >= 0.3 is 5.97 Å². The summed E-state index contributed by atoms with van der Waals surface area (Å²) in [4.78, 5) is 22.3. The van der Waals surface area contributed by atoms with E-state index in [1.54, 1.807) is 24.3 Å². The standard InChI is InChI=1S/C17H14Cl3NO5S/c18-13-4-1-11(2-5-13)10-21(20)27(25,26)16-9-12(3-6-14(16)19)15(22)7-8-17(23)24/h1-6,9H,7-8,10H2,(H,23,24). The molecule has 0 saturated heterocycles. The highest BCUT2D eigenvalue weighted by Crippen LogP contribution is 2.29. The van der Waals surface area contributed by atoms with Crippen LogP contribution in [0.1, 0.15) is 28.8 Å². The second-order valence-electron chi connectivity index (χ2n) is 5.54. The number of ketones is 1. The molecule has 1 N–H and O–H groups in total. The van der Waals surface area contributed by atoms with Gasteiger partial charge in [0.15, 0.2) is 5.78 Å². The summed E-state index contributed by atoms with van der Waals surface area (Å²) in [6.45, 7) is -0.144. The van der Waals surface area contributed by atoms with Gasteiger partial charge in [0.1, 0.15) is 4.90 Å². The second kappa shape index (κ2) is 9.03. The van der Waals surface area contributed by atoms with E-state index < -0.39 is 21.8 Å². The molecular weight excluding hydrogens is 437 g/mol. The number of halogens is 3. The van der Waals surface area contributed by atoms with Crippen LogP contribution >= 0.6 is 35.0 Å². The summed E-state index contributed by atoms with van der Waals surface area (Å²) in [5, 5.41) is 9.06. The first-order chi connectivity index (χ1) is 12.6. The van der Waals surface area contributed by atoms with E-state index in [2.05, 4.69) is 0 Å². The molecule has 2 aromatic carbocycles. The lowest BCUT2D eigenvalue weighted by Gasteiger charge is -2.16. The highest BCUT2D eigenvalue weighted by molar-refractivity contribution is 7.90. The van der Waals surface area contributed by atoms with Crippen molar-refractivity contribution < 1.29 is 23.1 Å². The quantitative estimate of drug-likeness (QED) is 0.476. The van der Waals surface area contributed by atoms with E-state index in [-0.39, 0.29) is 34.9 Å². The summed E-state index contributed by atoms with van der Waals surface area (Å²) in [6.07, 6.45) is -0.618. The molecule has 0 amide bonds. The lowest BCUT2D eigenvalue weighted by molar-refractivity contribution is -0.136. The fourth-order valence-electron chi connectivity index (χ4n) is 2.16. The number of carboxylic acids is 1. The summed E-state index contributed by atoms with van der Waals surface area (Å²) in [6, 6.07) is 10.1. The highest BCUT2D eigenvalue weighted by Gasteiger charge is 2.27. The number of sulfonamides is 1. The molecule has 0 spiro atoms. The van der Waals surface area contributed by atoms with Crippen LogP contribution in [-0.4, -0.2) is 29.1 Å². The Morgan fingerprint density at radius 1 is 1.00 bits per heavy atom. The lowest BCUT2D eigenvalue weighted by atomic mass is 10.1. The van der Waals surface area contributed by atoms with Crippen LogP contribution in [0.25, 0.3) is 0 Å². The Morgan fingerprint density at radius 2 is 1.63 bits per heavy atom. The third-order valence-electron chi connectivity index (χ3n) is 3.58. The van der Waals surface area contributed by atoms with Crippen molar-refractivity contribution in [1.82, 2.24) is 3.82 Å². The first-order valence-electron chi connectivity index (χ1n) is 7.59. The van der Waals surface area contributed by atoms with E-state index in [4.69, 9.17) is 40.1 Å². The molecule has 2 rings (SSSR count). The van der Waals surface area contributed by atoms with Crippen LogP contribution in [0.5, 0.6) is 0 Å². The molecule has 0 bridgehead atoms. The smallest absolute Gasteiger partial charge is 0.303 e. The zero-order valence-electron chi connectivity index (χ0n) is 13.7. The van der Waals surface area contributed by atoms with Crippen LogP contribution in [-0.2, 0) is 21.4 Å². The molecule has 10 heteroatoms. The largest absolute Gasteiger partial charge is 0.481 e. The van der Waals surface area contributed by atoms with Crippen LogP contribution in [0, 0.1) is 0 Å². The molecule has 0 fully saturated rings. The van der Waals surface area contributed by atoms with Crippen molar-refractivity contribution in [3.8, 4) is 0 Å². The third-order valence-corrected chi connectivity index (χ3v) is 6.48. The fourth-order valence-corrected chi connectivity index (χ4v) is 4.18. The van der Waals surface area contributed by atoms with E-state index in [1.165, 1.54) is 12.1 Å². The van der Waals surface area contributed by atoms with Crippen molar-refractivity contribution in [3.63, 3.8) is 0 Å². The first-order valence-corrected chi connectivity index (χ1v) is 10.1. The first kappa shape index (κ1) is 21.7. The molecule has 0 aliphatic carbocycles. The van der Waals surface area contributed by atoms with Gasteiger partial charge in [0, 0.05) is 17.0 Å². The minimum Gasteiger partial charge on any atom is -0.481 e. The zero-order chi connectivity index (χ0) is 20.2. The van der Waals surface area contributed by atoms with E-state index in [1.807, 2.05) is 0 Å². The maximum absolute atomic E-state index is 12.7. The van der Waals surface area contributed by atoms with E-state index in [9.17, 15) is 18.0 Å². The SMILES string of the molecule is O=C(O)CCC(=O)c1ccc(Cl)c(S(=O)(=O)N(Cl)Cc2ccc(Cl)cc2)c1. The molecule has 0 aromatic heterocycles. The van der Waals surface area contributed by atoms with Gasteiger partial charge in [-0.05, 0) is 47.7 Å². The van der Waals surface area contributed by atoms with Gasteiger partial charge in [0.2, 0.25) is 0 Å². The lowest BCUT2D eigenvalue weighted by Crippen LogP contribution is -2.22. The minimum absolute atomic E-state index is 0.0378. The molecule has 0 aliphatic heterocycles. The van der Waals surface area contributed by atoms with Crippen LogP contribution in [0.2, 0.25) is 10.0 Å². The van der Waals surface area contributed by atoms with E-state index in [0.717, 1.165) is 6.07 Å². The molecule has 0 radical (unpaired) electrons. The Labute approximate surface area is 171 Å². The Balaban J connectivity index is 2.28. The number of carbonyl (C=O) groups excluding carboxylic acids is 1. The van der Waals surface area contributed by atoms with Crippen LogP contribution < -0.4 is 0 Å². The topological polar surface area (TPSA) is 91.7 Å². The molecule has 27 heavy (non-hydrogen) atoms. The van der Waals surface area contributed by atoms with Gasteiger partial charge in [-0.15, -0.1) is 3.82 Å². The molecule has 0 heterocycles. The van der Waals surface area contributed by atoms with E-state index >= 15 is 0 Å². The number of carbonyl (C=O) groups is 2. The Bertz CT molecular complexity index is 961.